The van der Waals surface area contributed by atoms with Crippen LogP contribution in [0, 0.1) is 15.3 Å². The molecule has 0 aliphatic carbocycles. The van der Waals surface area contributed by atoms with Gasteiger partial charge in [0.25, 0.3) is 6.04 Å². The monoisotopic (exact) mass is 398 g/mol. The molecule has 5 nitrogen and oxygen atoms in total. The van der Waals surface area contributed by atoms with Crippen molar-refractivity contribution >= 4 is 6.21 Å². The summed E-state index contributed by atoms with van der Waals surface area (Å²) in [6.07, 6.45) is 22.0. The van der Waals surface area contributed by atoms with E-state index < -0.39 is 6.04 Å². The van der Waals surface area contributed by atoms with Crippen LogP contribution >= 0.6 is 0 Å². The van der Waals surface area contributed by atoms with E-state index in [-0.39, 0.29) is 4.92 Å². The van der Waals surface area contributed by atoms with Crippen LogP contribution in [0.15, 0.2) is 0 Å². The van der Waals surface area contributed by atoms with Crippen molar-refractivity contribution in [2.45, 2.75) is 135 Å². The van der Waals surface area contributed by atoms with Crippen molar-refractivity contribution in [1.82, 2.24) is 0 Å². The van der Waals surface area contributed by atoms with Gasteiger partial charge in [-0.25, -0.2) is 4.74 Å². The van der Waals surface area contributed by atoms with Gasteiger partial charge in [0.15, 0.2) is 6.54 Å². The van der Waals surface area contributed by atoms with Gasteiger partial charge in [0.1, 0.15) is 0 Å². The Bertz CT molecular complexity index is 386. The topological polar surface area (TPSA) is 69.2 Å². The number of hydrogen-bond acceptors (Lipinski definition) is 3. The third kappa shape index (κ3) is 18.2. The average Bonchev–Trinajstić information content (AvgIpc) is 2.67. The van der Waals surface area contributed by atoms with Crippen LogP contribution in [-0.2, 0) is 0 Å². The summed E-state index contributed by atoms with van der Waals surface area (Å²) in [5.41, 5.74) is 0. The van der Waals surface area contributed by atoms with Gasteiger partial charge >= 0.3 is 0 Å². The molecule has 0 saturated carbocycles. The fraction of sp³-hybridized carbons (Fsp3) is 0.957. The molecule has 0 radical (unpaired) electrons. The molecule has 0 aromatic heterocycles. The van der Waals surface area contributed by atoms with Crippen LogP contribution in [0.4, 0.5) is 0 Å². The predicted molar refractivity (Wildman–Crippen MR) is 120 cm³/mol. The molecule has 0 N–H and O–H groups in total. The minimum Gasteiger partial charge on any atom is -0.624 e. The summed E-state index contributed by atoms with van der Waals surface area (Å²) < 4.78 is 0.805. The van der Waals surface area contributed by atoms with E-state index in [1.165, 1.54) is 76.8 Å². The summed E-state index contributed by atoms with van der Waals surface area (Å²) in [5.74, 6) is 0. The zero-order valence-electron chi connectivity index (χ0n) is 18.7. The van der Waals surface area contributed by atoms with Crippen LogP contribution in [0.2, 0.25) is 0 Å². The summed E-state index contributed by atoms with van der Waals surface area (Å²) in [7, 11) is 0. The highest BCUT2D eigenvalue weighted by Crippen LogP contribution is 2.12. The number of hydroxylamine groups is 1. The Hall–Kier alpha value is -1.13. The number of rotatable bonds is 21. The molecule has 5 heteroatoms. The molecule has 1 unspecified atom stereocenters. The minimum absolute atomic E-state index is 0.305. The van der Waals surface area contributed by atoms with Gasteiger partial charge in [-0.1, -0.05) is 104 Å². The molecule has 0 aromatic carbocycles. The van der Waals surface area contributed by atoms with E-state index >= 15 is 0 Å². The van der Waals surface area contributed by atoms with Crippen LogP contribution < -0.4 is 0 Å². The van der Waals surface area contributed by atoms with Crippen LogP contribution in [0.5, 0.6) is 0 Å². The number of unbranched alkanes of at least 4 members (excludes halogenated alkanes) is 15. The lowest BCUT2D eigenvalue weighted by Gasteiger charge is -2.08. The minimum atomic E-state index is -0.823. The van der Waals surface area contributed by atoms with E-state index in [0.29, 0.717) is 13.0 Å². The van der Waals surface area contributed by atoms with E-state index in [0.717, 1.165) is 43.3 Å². The Kier molecular flexibility index (Phi) is 19.8. The Morgan fingerprint density at radius 3 is 1.46 bits per heavy atom. The molecule has 0 aliphatic rings. The molecular weight excluding hydrogens is 352 g/mol. The average molecular weight is 399 g/mol. The third-order valence-corrected chi connectivity index (χ3v) is 5.44. The first-order valence-corrected chi connectivity index (χ1v) is 12.0. The molecule has 0 rings (SSSR count). The summed E-state index contributed by atoms with van der Waals surface area (Å²) in [6.45, 7) is 4.82. The predicted octanol–water partition coefficient (Wildman–Crippen LogP) is 7.27. The maximum absolute atomic E-state index is 12.0. The van der Waals surface area contributed by atoms with Crippen molar-refractivity contribution in [2.24, 2.45) is 0 Å². The molecule has 0 heterocycles. The van der Waals surface area contributed by atoms with Crippen molar-refractivity contribution in [2.75, 3.05) is 6.54 Å². The molecular formula is C23H46N2O3. The van der Waals surface area contributed by atoms with Gasteiger partial charge in [-0.05, 0) is 12.8 Å². The summed E-state index contributed by atoms with van der Waals surface area (Å²) in [6, 6.07) is -0.823. The largest absolute Gasteiger partial charge is 0.624 e. The fourth-order valence-electron chi connectivity index (χ4n) is 3.57. The highest BCUT2D eigenvalue weighted by molar-refractivity contribution is 5.57. The van der Waals surface area contributed by atoms with Crippen LogP contribution in [0.1, 0.15) is 129 Å². The van der Waals surface area contributed by atoms with E-state index in [1.54, 1.807) is 0 Å². The highest BCUT2D eigenvalue weighted by atomic mass is 16.6. The van der Waals surface area contributed by atoms with Crippen molar-refractivity contribution < 1.29 is 9.66 Å². The van der Waals surface area contributed by atoms with Crippen LogP contribution in [-0.4, -0.2) is 28.5 Å². The second-order valence-corrected chi connectivity index (χ2v) is 8.23. The van der Waals surface area contributed by atoms with Gasteiger partial charge in [0.05, 0.1) is 0 Å². The van der Waals surface area contributed by atoms with Gasteiger partial charge < -0.3 is 5.21 Å². The Morgan fingerprint density at radius 2 is 1.04 bits per heavy atom. The van der Waals surface area contributed by atoms with E-state index in [4.69, 9.17) is 0 Å². The normalized spacial score (nSPS) is 13.0. The second-order valence-electron chi connectivity index (χ2n) is 8.23. The molecule has 0 fully saturated rings. The molecule has 0 aliphatic heterocycles. The van der Waals surface area contributed by atoms with E-state index in [2.05, 4.69) is 13.8 Å². The first-order valence-electron chi connectivity index (χ1n) is 12.0. The molecule has 0 spiro atoms. The first-order chi connectivity index (χ1) is 13.6. The van der Waals surface area contributed by atoms with Crippen molar-refractivity contribution in [3.63, 3.8) is 0 Å². The summed E-state index contributed by atoms with van der Waals surface area (Å²) in [5, 5.41) is 23.1. The van der Waals surface area contributed by atoms with E-state index in [1.807, 2.05) is 0 Å². The second kappa shape index (κ2) is 20.6. The van der Waals surface area contributed by atoms with Gasteiger partial charge in [0.2, 0.25) is 6.21 Å². The molecule has 0 amide bonds. The lowest BCUT2D eigenvalue weighted by Crippen LogP contribution is -2.26. The zero-order chi connectivity index (χ0) is 20.9. The maximum atomic E-state index is 12.0. The SMILES string of the molecule is CCCCCCCCCCCC[N+]([O-])=CC(CCCCCCCCC)[N+](=O)[O-]. The summed E-state index contributed by atoms with van der Waals surface area (Å²) in [4.78, 5) is 10.9. The van der Waals surface area contributed by atoms with Crippen molar-refractivity contribution in [3.05, 3.63) is 15.3 Å². The molecule has 0 saturated heterocycles. The lowest BCUT2D eigenvalue weighted by molar-refractivity contribution is -0.522. The third-order valence-electron chi connectivity index (χ3n) is 5.44. The molecule has 166 valence electrons. The van der Waals surface area contributed by atoms with Crippen molar-refractivity contribution in [3.8, 4) is 0 Å². The fourth-order valence-corrected chi connectivity index (χ4v) is 3.57. The number of nitrogens with zero attached hydrogens (tertiary/aromatic N) is 2. The van der Waals surface area contributed by atoms with Gasteiger partial charge in [-0.2, -0.15) is 0 Å². The standard InChI is InChI=1S/C23H46N2O3/c1-3-5-7-9-11-12-13-15-17-19-21-24(26)22-23(25(27)28)20-18-16-14-10-8-6-4-2/h22-23H,3-21H2,1-2H3. The van der Waals surface area contributed by atoms with Crippen LogP contribution in [0.3, 0.4) is 0 Å². The van der Waals surface area contributed by atoms with E-state index in [9.17, 15) is 15.3 Å². The van der Waals surface area contributed by atoms with Gasteiger partial charge in [-0.15, -0.1) is 0 Å². The maximum Gasteiger partial charge on any atom is 0.288 e. The molecule has 0 aromatic rings. The molecule has 0 bridgehead atoms. The Balaban J connectivity index is 3.76. The Labute approximate surface area is 173 Å². The Morgan fingerprint density at radius 1 is 0.643 bits per heavy atom. The highest BCUT2D eigenvalue weighted by Gasteiger charge is 2.21. The zero-order valence-corrected chi connectivity index (χ0v) is 18.7. The number of hydrogen-bond donors (Lipinski definition) is 0. The number of nitro groups is 1. The van der Waals surface area contributed by atoms with Crippen LogP contribution in [0.25, 0.3) is 0 Å². The first kappa shape index (κ1) is 26.9. The molecule has 1 atom stereocenters. The molecule has 28 heavy (non-hydrogen) atoms. The van der Waals surface area contributed by atoms with Gasteiger partial charge in [-0.3, -0.25) is 10.1 Å². The van der Waals surface area contributed by atoms with Crippen molar-refractivity contribution in [1.29, 1.82) is 0 Å². The van der Waals surface area contributed by atoms with Gasteiger partial charge in [0, 0.05) is 17.8 Å². The lowest BCUT2D eigenvalue weighted by atomic mass is 10.1. The quantitative estimate of drug-likeness (QED) is 0.0509. The summed E-state index contributed by atoms with van der Waals surface area (Å²) >= 11 is 0. The smallest absolute Gasteiger partial charge is 0.288 e.